The summed E-state index contributed by atoms with van der Waals surface area (Å²) in [5.74, 6) is 0.529. The van der Waals surface area contributed by atoms with Crippen LogP contribution in [0.1, 0.15) is 24.8 Å². The van der Waals surface area contributed by atoms with Crippen LogP contribution in [0.5, 0.6) is 0 Å². The van der Waals surface area contributed by atoms with Gasteiger partial charge in [-0.2, -0.15) is 0 Å². The Morgan fingerprint density at radius 3 is 2.80 bits per heavy atom. The van der Waals surface area contributed by atoms with Crippen molar-refractivity contribution in [3.05, 3.63) is 34.1 Å². The van der Waals surface area contributed by atoms with E-state index in [9.17, 15) is 4.39 Å². The molecule has 0 radical (unpaired) electrons. The third-order valence-electron chi connectivity index (χ3n) is 2.84. The molecule has 0 aliphatic heterocycles. The highest BCUT2D eigenvalue weighted by molar-refractivity contribution is 9.10. The number of hydrogen-bond acceptors (Lipinski definition) is 0. The van der Waals surface area contributed by atoms with Gasteiger partial charge in [-0.25, -0.2) is 4.39 Å². The molecular weight excluding hydrogens is 278 g/mol. The Kier molecular flexibility index (Phi) is 3.68. The van der Waals surface area contributed by atoms with Gasteiger partial charge in [-0.1, -0.05) is 22.0 Å². The Bertz CT molecular complexity index is 349. The average Bonchev–Trinajstić information content (AvgIpc) is 2.99. The highest BCUT2D eigenvalue weighted by Crippen LogP contribution is 2.37. The SMILES string of the molecule is Fc1ccc(CCC(Cl)C2CC2)c(Br)c1. The van der Waals surface area contributed by atoms with Gasteiger partial charge in [-0.3, -0.25) is 0 Å². The third kappa shape index (κ3) is 3.18. The van der Waals surface area contributed by atoms with Gasteiger partial charge in [0.2, 0.25) is 0 Å². The molecule has 0 aromatic heterocycles. The molecule has 0 nitrogen and oxygen atoms in total. The van der Waals surface area contributed by atoms with Crippen molar-refractivity contribution in [1.29, 1.82) is 0 Å². The Morgan fingerprint density at radius 2 is 2.20 bits per heavy atom. The topological polar surface area (TPSA) is 0 Å². The minimum Gasteiger partial charge on any atom is -0.207 e. The Balaban J connectivity index is 1.92. The lowest BCUT2D eigenvalue weighted by Gasteiger charge is -2.08. The normalized spacial score (nSPS) is 17.8. The molecule has 0 amide bonds. The third-order valence-corrected chi connectivity index (χ3v) is 4.15. The van der Waals surface area contributed by atoms with E-state index in [0.717, 1.165) is 28.8 Å². The van der Waals surface area contributed by atoms with E-state index in [0.29, 0.717) is 5.38 Å². The predicted molar refractivity (Wildman–Crippen MR) is 64.8 cm³/mol. The predicted octanol–water partition coefficient (Wildman–Crippen LogP) is 4.54. The second-order valence-corrected chi connectivity index (χ2v) is 5.54. The van der Waals surface area contributed by atoms with Crippen LogP contribution in [0.2, 0.25) is 0 Å². The maximum Gasteiger partial charge on any atom is 0.124 e. The highest BCUT2D eigenvalue weighted by Gasteiger charge is 2.29. The molecule has 0 bridgehead atoms. The average molecular weight is 292 g/mol. The van der Waals surface area contributed by atoms with E-state index in [1.54, 1.807) is 0 Å². The fraction of sp³-hybridized carbons (Fsp3) is 0.500. The molecule has 1 aromatic carbocycles. The number of aryl methyl sites for hydroxylation is 1. The van der Waals surface area contributed by atoms with Crippen LogP contribution >= 0.6 is 27.5 Å². The van der Waals surface area contributed by atoms with Crippen LogP contribution in [0.4, 0.5) is 4.39 Å². The molecule has 1 aromatic rings. The lowest BCUT2D eigenvalue weighted by molar-refractivity contribution is 0.624. The number of benzene rings is 1. The lowest BCUT2D eigenvalue weighted by Crippen LogP contribution is -2.03. The second-order valence-electron chi connectivity index (χ2n) is 4.13. The summed E-state index contributed by atoms with van der Waals surface area (Å²) in [5.41, 5.74) is 1.14. The summed E-state index contributed by atoms with van der Waals surface area (Å²) in [6.07, 6.45) is 4.46. The van der Waals surface area contributed by atoms with Crippen molar-refractivity contribution < 1.29 is 4.39 Å². The summed E-state index contributed by atoms with van der Waals surface area (Å²) in [6, 6.07) is 4.84. The fourth-order valence-corrected chi connectivity index (χ4v) is 2.62. The standard InChI is InChI=1S/C12H13BrClF/c13-11-7-10(15)5-3-8(11)4-6-12(14)9-1-2-9/h3,5,7,9,12H,1-2,4,6H2. The Morgan fingerprint density at radius 1 is 1.47 bits per heavy atom. The molecule has 1 aliphatic carbocycles. The van der Waals surface area contributed by atoms with Crippen LogP contribution in [0.15, 0.2) is 22.7 Å². The summed E-state index contributed by atoms with van der Waals surface area (Å²) in [4.78, 5) is 0. The van der Waals surface area contributed by atoms with E-state index >= 15 is 0 Å². The molecule has 2 rings (SSSR count). The number of rotatable bonds is 4. The zero-order chi connectivity index (χ0) is 10.8. The summed E-state index contributed by atoms with van der Waals surface area (Å²) in [7, 11) is 0. The number of alkyl halides is 1. The van der Waals surface area contributed by atoms with Crippen molar-refractivity contribution >= 4 is 27.5 Å². The fourth-order valence-electron chi connectivity index (χ4n) is 1.71. The molecule has 1 aliphatic rings. The quantitative estimate of drug-likeness (QED) is 0.715. The van der Waals surface area contributed by atoms with Crippen LogP contribution in [0, 0.1) is 11.7 Å². The van der Waals surface area contributed by atoms with Gasteiger partial charge in [-0.15, -0.1) is 11.6 Å². The van der Waals surface area contributed by atoms with Gasteiger partial charge in [0, 0.05) is 9.85 Å². The maximum absolute atomic E-state index is 12.8. The first-order chi connectivity index (χ1) is 7.16. The van der Waals surface area contributed by atoms with E-state index < -0.39 is 0 Å². The van der Waals surface area contributed by atoms with Gasteiger partial charge in [0.15, 0.2) is 0 Å². The highest BCUT2D eigenvalue weighted by atomic mass is 79.9. The van der Waals surface area contributed by atoms with Crippen LogP contribution in [0.25, 0.3) is 0 Å². The summed E-state index contributed by atoms with van der Waals surface area (Å²) in [6.45, 7) is 0. The Labute approximate surface area is 103 Å². The second kappa shape index (κ2) is 4.84. The maximum atomic E-state index is 12.8. The smallest absolute Gasteiger partial charge is 0.124 e. The number of halogens is 3. The van der Waals surface area contributed by atoms with Crippen LogP contribution in [-0.2, 0) is 6.42 Å². The first kappa shape index (κ1) is 11.4. The summed E-state index contributed by atoms with van der Waals surface area (Å²) >= 11 is 9.59. The summed E-state index contributed by atoms with van der Waals surface area (Å²) in [5, 5.41) is 0.293. The molecule has 82 valence electrons. The van der Waals surface area contributed by atoms with Gasteiger partial charge in [0.05, 0.1) is 0 Å². The molecule has 0 spiro atoms. The van der Waals surface area contributed by atoms with Crippen molar-refractivity contribution in [1.82, 2.24) is 0 Å². The largest absolute Gasteiger partial charge is 0.207 e. The van der Waals surface area contributed by atoms with Gasteiger partial charge < -0.3 is 0 Å². The van der Waals surface area contributed by atoms with Gasteiger partial charge in [0.25, 0.3) is 0 Å². The van der Waals surface area contributed by atoms with Crippen molar-refractivity contribution in [2.24, 2.45) is 5.92 Å². The van der Waals surface area contributed by atoms with Gasteiger partial charge in [-0.05, 0) is 49.3 Å². The molecule has 1 fully saturated rings. The molecule has 0 N–H and O–H groups in total. The zero-order valence-electron chi connectivity index (χ0n) is 8.35. The van der Waals surface area contributed by atoms with Gasteiger partial charge in [0.1, 0.15) is 5.82 Å². The lowest BCUT2D eigenvalue weighted by atomic mass is 10.1. The van der Waals surface area contributed by atoms with Crippen LogP contribution in [-0.4, -0.2) is 5.38 Å². The van der Waals surface area contributed by atoms with E-state index in [1.807, 2.05) is 6.07 Å². The van der Waals surface area contributed by atoms with E-state index in [1.165, 1.54) is 25.0 Å². The summed E-state index contributed by atoms with van der Waals surface area (Å²) < 4.78 is 13.7. The van der Waals surface area contributed by atoms with Crippen molar-refractivity contribution in [2.75, 3.05) is 0 Å². The molecule has 1 atom stereocenters. The first-order valence-corrected chi connectivity index (χ1v) is 6.48. The molecule has 1 unspecified atom stereocenters. The molecule has 3 heteroatoms. The zero-order valence-corrected chi connectivity index (χ0v) is 10.7. The Hall–Kier alpha value is -0.0800. The first-order valence-electron chi connectivity index (χ1n) is 5.25. The van der Waals surface area contributed by atoms with E-state index in [-0.39, 0.29) is 5.82 Å². The molecule has 15 heavy (non-hydrogen) atoms. The molecular formula is C12H13BrClF. The van der Waals surface area contributed by atoms with Gasteiger partial charge >= 0.3 is 0 Å². The number of hydrogen-bond donors (Lipinski definition) is 0. The van der Waals surface area contributed by atoms with E-state index in [4.69, 9.17) is 11.6 Å². The minimum absolute atomic E-state index is 0.199. The molecule has 0 saturated heterocycles. The van der Waals surface area contributed by atoms with Crippen LogP contribution in [0.3, 0.4) is 0 Å². The van der Waals surface area contributed by atoms with Crippen LogP contribution < -0.4 is 0 Å². The molecule has 1 saturated carbocycles. The van der Waals surface area contributed by atoms with Crippen molar-refractivity contribution in [2.45, 2.75) is 31.1 Å². The van der Waals surface area contributed by atoms with Crippen molar-refractivity contribution in [3.63, 3.8) is 0 Å². The minimum atomic E-state index is -0.199. The van der Waals surface area contributed by atoms with Crippen molar-refractivity contribution in [3.8, 4) is 0 Å². The molecule has 0 heterocycles. The van der Waals surface area contributed by atoms with E-state index in [2.05, 4.69) is 15.9 Å². The monoisotopic (exact) mass is 290 g/mol.